The number of carbonyl (C=O) groups is 1. The second-order valence-corrected chi connectivity index (χ2v) is 7.19. The summed E-state index contributed by atoms with van der Waals surface area (Å²) in [5.41, 5.74) is 2.40. The number of rotatable bonds is 2. The lowest BCUT2D eigenvalue weighted by molar-refractivity contribution is -0.0507. The normalized spacial score (nSPS) is 20.8. The second-order valence-electron chi connectivity index (χ2n) is 6.75. The van der Waals surface area contributed by atoms with Crippen molar-refractivity contribution < 1.29 is 18.3 Å². The summed E-state index contributed by atoms with van der Waals surface area (Å²) in [6.07, 6.45) is 0.545. The minimum atomic E-state index is -2.97. The highest BCUT2D eigenvalue weighted by Gasteiger charge is 2.44. The van der Waals surface area contributed by atoms with E-state index in [1.807, 2.05) is 16.7 Å². The van der Waals surface area contributed by atoms with E-state index in [0.29, 0.717) is 22.6 Å². The number of imidazole rings is 1. The average Bonchev–Trinajstić information content (AvgIpc) is 3.14. The Hall–Kier alpha value is -2.67. The van der Waals surface area contributed by atoms with Crippen LogP contribution >= 0.6 is 11.6 Å². The molecule has 8 heteroatoms. The van der Waals surface area contributed by atoms with Crippen LogP contribution < -0.4 is 4.74 Å². The van der Waals surface area contributed by atoms with Crippen LogP contribution in [0.15, 0.2) is 36.4 Å². The smallest absolute Gasteiger partial charge is 0.387 e. The zero-order valence-electron chi connectivity index (χ0n) is 14.2. The van der Waals surface area contributed by atoms with Crippen molar-refractivity contribution in [1.82, 2.24) is 14.5 Å². The molecular formula is C19H14ClF2N3O2. The molecule has 2 aliphatic rings. The lowest BCUT2D eigenvalue weighted by Gasteiger charge is -2.24. The molecule has 0 saturated heterocycles. The summed E-state index contributed by atoms with van der Waals surface area (Å²) in [6, 6.07) is 9.48. The van der Waals surface area contributed by atoms with Gasteiger partial charge in [0.15, 0.2) is 0 Å². The lowest BCUT2D eigenvalue weighted by atomic mass is 9.97. The van der Waals surface area contributed by atoms with Gasteiger partial charge in [0.2, 0.25) is 0 Å². The number of halogens is 3. The van der Waals surface area contributed by atoms with E-state index in [9.17, 15) is 13.6 Å². The highest BCUT2D eigenvalue weighted by atomic mass is 35.5. The molecule has 3 heterocycles. The quantitative estimate of drug-likeness (QED) is 0.652. The van der Waals surface area contributed by atoms with Gasteiger partial charge >= 0.3 is 6.61 Å². The van der Waals surface area contributed by atoms with E-state index in [2.05, 4.69) is 4.98 Å². The third kappa shape index (κ3) is 2.27. The molecule has 2 aliphatic heterocycles. The molecule has 27 heavy (non-hydrogen) atoms. The molecule has 5 nitrogen and oxygen atoms in total. The maximum atomic E-state index is 13.0. The predicted molar refractivity (Wildman–Crippen MR) is 95.4 cm³/mol. The van der Waals surface area contributed by atoms with Crippen molar-refractivity contribution in [3.05, 3.63) is 58.4 Å². The van der Waals surface area contributed by atoms with Gasteiger partial charge in [-0.1, -0.05) is 17.7 Å². The maximum Gasteiger partial charge on any atom is 0.387 e. The molecule has 0 radical (unpaired) electrons. The van der Waals surface area contributed by atoms with E-state index in [4.69, 9.17) is 16.3 Å². The van der Waals surface area contributed by atoms with Crippen LogP contribution in [-0.2, 0) is 0 Å². The third-order valence-corrected chi connectivity index (χ3v) is 5.60. The van der Waals surface area contributed by atoms with E-state index in [-0.39, 0.29) is 23.7 Å². The summed E-state index contributed by atoms with van der Waals surface area (Å²) in [6.45, 7) is -2.97. The molecule has 5 rings (SSSR count). The van der Waals surface area contributed by atoms with E-state index >= 15 is 0 Å². The van der Waals surface area contributed by atoms with Crippen molar-refractivity contribution in [1.29, 1.82) is 0 Å². The van der Waals surface area contributed by atoms with Gasteiger partial charge in [0.1, 0.15) is 11.6 Å². The third-order valence-electron chi connectivity index (χ3n) is 5.37. The first-order chi connectivity index (χ1) is 13.0. The van der Waals surface area contributed by atoms with Gasteiger partial charge in [-0.2, -0.15) is 8.78 Å². The maximum absolute atomic E-state index is 13.0. The van der Waals surface area contributed by atoms with Crippen LogP contribution in [0.1, 0.15) is 40.3 Å². The highest BCUT2D eigenvalue weighted by molar-refractivity contribution is 6.31. The van der Waals surface area contributed by atoms with E-state index in [1.165, 1.54) is 6.07 Å². The van der Waals surface area contributed by atoms with Gasteiger partial charge in [-0.15, -0.1) is 0 Å². The Kier molecular flexibility index (Phi) is 3.46. The van der Waals surface area contributed by atoms with Gasteiger partial charge in [-0.05, 0) is 30.3 Å². The minimum absolute atomic E-state index is 0.0200. The number of alkyl halides is 2. The van der Waals surface area contributed by atoms with Crippen LogP contribution in [0.4, 0.5) is 8.78 Å². The summed E-state index contributed by atoms with van der Waals surface area (Å²) in [4.78, 5) is 19.3. The Balaban J connectivity index is 1.82. The molecule has 2 atom stereocenters. The van der Waals surface area contributed by atoms with Gasteiger partial charge in [0, 0.05) is 29.6 Å². The Morgan fingerprint density at radius 3 is 2.85 bits per heavy atom. The monoisotopic (exact) mass is 389 g/mol. The van der Waals surface area contributed by atoms with E-state index in [1.54, 1.807) is 30.1 Å². The summed E-state index contributed by atoms with van der Waals surface area (Å²) in [5.74, 6) is 0.519. The lowest BCUT2D eigenvalue weighted by Crippen LogP contribution is -2.30. The zero-order chi connectivity index (χ0) is 18.9. The molecule has 0 fully saturated rings. The molecule has 1 aromatic heterocycles. The van der Waals surface area contributed by atoms with Gasteiger partial charge in [-0.25, -0.2) is 4.98 Å². The SMILES string of the molecule is CN1C(=O)c2cccc(OC(F)F)c2[C@H]2C[C@@H]1c1nc3ccc(Cl)cc3n12. The number of carbonyl (C=O) groups excluding carboxylic acids is 1. The van der Waals surface area contributed by atoms with Crippen LogP contribution in [-0.4, -0.2) is 34.0 Å². The first-order valence-electron chi connectivity index (χ1n) is 8.48. The van der Waals surface area contributed by atoms with Crippen molar-refractivity contribution in [3.8, 4) is 5.75 Å². The predicted octanol–water partition coefficient (Wildman–Crippen LogP) is 4.41. The number of ether oxygens (including phenoxy) is 1. The highest BCUT2D eigenvalue weighted by Crippen LogP contribution is 2.50. The minimum Gasteiger partial charge on any atom is -0.434 e. The number of fused-ring (bicyclic) bond motifs is 9. The van der Waals surface area contributed by atoms with Crippen molar-refractivity contribution in [3.63, 3.8) is 0 Å². The molecular weight excluding hydrogens is 376 g/mol. The van der Waals surface area contributed by atoms with Crippen molar-refractivity contribution >= 4 is 28.5 Å². The van der Waals surface area contributed by atoms with Crippen LogP contribution in [0.5, 0.6) is 5.75 Å². The molecule has 0 N–H and O–H groups in total. The Bertz CT molecular complexity index is 1100. The van der Waals surface area contributed by atoms with E-state index in [0.717, 1.165) is 16.9 Å². The Morgan fingerprint density at radius 1 is 1.26 bits per heavy atom. The van der Waals surface area contributed by atoms with Crippen LogP contribution in [0.25, 0.3) is 11.0 Å². The molecule has 2 aromatic carbocycles. The Labute approximate surface area is 158 Å². The standard InChI is InChI=1S/C19H14ClF2N3O2/c1-24-14-8-13(25-12-7-9(20)5-6-11(12)23-17(14)25)16-10(18(24)26)3-2-4-15(16)27-19(21)22/h2-7,13-14,19H,8H2,1H3/t13-,14-/m1/s1. The molecule has 1 amide bonds. The van der Waals surface area contributed by atoms with Crippen molar-refractivity contribution in [2.75, 3.05) is 7.05 Å². The van der Waals surface area contributed by atoms with Crippen LogP contribution in [0.3, 0.4) is 0 Å². The summed E-state index contributed by atoms with van der Waals surface area (Å²) in [7, 11) is 1.71. The number of hydrogen-bond donors (Lipinski definition) is 0. The molecule has 2 bridgehead atoms. The Morgan fingerprint density at radius 2 is 2.07 bits per heavy atom. The topological polar surface area (TPSA) is 47.4 Å². The molecule has 3 aromatic rings. The summed E-state index contributed by atoms with van der Waals surface area (Å²) < 4.78 is 32.7. The summed E-state index contributed by atoms with van der Waals surface area (Å²) >= 11 is 6.18. The zero-order valence-corrected chi connectivity index (χ0v) is 15.0. The van der Waals surface area contributed by atoms with Gasteiger partial charge in [0.05, 0.1) is 23.1 Å². The van der Waals surface area contributed by atoms with Crippen molar-refractivity contribution in [2.45, 2.75) is 25.1 Å². The fourth-order valence-electron chi connectivity index (χ4n) is 4.25. The van der Waals surface area contributed by atoms with Gasteiger partial charge < -0.3 is 14.2 Å². The number of nitrogens with zero attached hydrogens (tertiary/aromatic N) is 3. The molecule has 0 aliphatic carbocycles. The molecule has 0 unspecified atom stereocenters. The fourth-order valence-corrected chi connectivity index (χ4v) is 4.42. The average molecular weight is 390 g/mol. The fraction of sp³-hybridized carbons (Fsp3) is 0.263. The number of benzene rings is 2. The largest absolute Gasteiger partial charge is 0.434 e. The van der Waals surface area contributed by atoms with E-state index < -0.39 is 6.61 Å². The van der Waals surface area contributed by atoms with Crippen molar-refractivity contribution in [2.24, 2.45) is 0 Å². The van der Waals surface area contributed by atoms with Gasteiger partial charge in [-0.3, -0.25) is 4.79 Å². The molecule has 0 spiro atoms. The van der Waals surface area contributed by atoms with Crippen LogP contribution in [0, 0.1) is 0 Å². The second kappa shape index (κ2) is 5.66. The molecule has 0 saturated carbocycles. The molecule has 138 valence electrons. The van der Waals surface area contributed by atoms with Gasteiger partial charge in [0.25, 0.3) is 5.91 Å². The summed E-state index contributed by atoms with van der Waals surface area (Å²) in [5, 5.41) is 0.561. The number of aromatic nitrogens is 2. The number of hydrogen-bond acceptors (Lipinski definition) is 3. The first-order valence-corrected chi connectivity index (χ1v) is 8.85. The first kappa shape index (κ1) is 16.5. The number of amides is 1. The van der Waals surface area contributed by atoms with Crippen LogP contribution in [0.2, 0.25) is 5.02 Å².